The third kappa shape index (κ3) is 6.04. The molecule has 32 heavy (non-hydrogen) atoms. The van der Waals surface area contributed by atoms with Gasteiger partial charge in [-0.15, -0.1) is 0 Å². The van der Waals surface area contributed by atoms with Crippen molar-refractivity contribution in [2.24, 2.45) is 5.92 Å². The smallest absolute Gasteiger partial charge is 0.321 e. The summed E-state index contributed by atoms with van der Waals surface area (Å²) in [5.41, 5.74) is 1.88. The molecule has 0 aliphatic heterocycles. The molecule has 3 aromatic rings. The molecule has 2 N–H and O–H groups in total. The van der Waals surface area contributed by atoms with Crippen LogP contribution in [0.2, 0.25) is 5.02 Å². The lowest BCUT2D eigenvalue weighted by atomic mass is 9.97. The van der Waals surface area contributed by atoms with Crippen LogP contribution in [-0.4, -0.2) is 27.8 Å². The topological polar surface area (TPSA) is 93.2 Å². The Bertz CT molecular complexity index is 1070. The number of rotatable bonds is 8. The molecule has 0 saturated carbocycles. The largest absolute Gasteiger partial charge is 0.424 e. The van der Waals surface area contributed by atoms with E-state index in [1.165, 1.54) is 0 Å². The van der Waals surface area contributed by atoms with Crippen molar-refractivity contribution in [2.45, 2.75) is 33.2 Å². The van der Waals surface area contributed by atoms with Crippen molar-refractivity contribution in [3.63, 3.8) is 0 Å². The first-order chi connectivity index (χ1) is 15.4. The first kappa shape index (κ1) is 23.2. The number of hydrogen-bond acceptors (Lipinski definition) is 5. The number of carbonyl (C=O) groups is 2. The van der Waals surface area contributed by atoms with Crippen LogP contribution < -0.4 is 15.4 Å². The van der Waals surface area contributed by atoms with Gasteiger partial charge in [-0.2, -0.15) is 0 Å². The SMILES string of the molecule is CCC(C)C(NC(=O)c1ccc(Cl)cc1)C(=O)Nc1ccc(Oc2ncccn2)cc1C. The molecule has 0 aliphatic carbocycles. The maximum absolute atomic E-state index is 13.1. The van der Waals surface area contributed by atoms with E-state index in [4.69, 9.17) is 16.3 Å². The molecular formula is C24H25ClN4O3. The monoisotopic (exact) mass is 452 g/mol. The molecule has 2 atom stereocenters. The van der Waals surface area contributed by atoms with Gasteiger partial charge >= 0.3 is 6.01 Å². The highest BCUT2D eigenvalue weighted by Gasteiger charge is 2.27. The zero-order valence-corrected chi connectivity index (χ0v) is 18.9. The number of amides is 2. The number of hydrogen-bond donors (Lipinski definition) is 2. The number of nitrogens with zero attached hydrogens (tertiary/aromatic N) is 2. The van der Waals surface area contributed by atoms with Crippen molar-refractivity contribution in [1.82, 2.24) is 15.3 Å². The molecule has 1 aromatic heterocycles. The summed E-state index contributed by atoms with van der Waals surface area (Å²) in [7, 11) is 0. The number of anilines is 1. The fourth-order valence-electron chi connectivity index (χ4n) is 3.02. The molecule has 0 fully saturated rings. The molecule has 0 bridgehead atoms. The van der Waals surface area contributed by atoms with Crippen molar-refractivity contribution < 1.29 is 14.3 Å². The van der Waals surface area contributed by atoms with Crippen LogP contribution in [0.15, 0.2) is 60.9 Å². The van der Waals surface area contributed by atoms with Gasteiger partial charge in [-0.25, -0.2) is 9.97 Å². The Morgan fingerprint density at radius 1 is 1.09 bits per heavy atom. The van der Waals surface area contributed by atoms with Gasteiger partial charge < -0.3 is 15.4 Å². The molecule has 3 rings (SSSR count). The van der Waals surface area contributed by atoms with Crippen LogP contribution in [0.4, 0.5) is 5.69 Å². The molecule has 1 heterocycles. The highest BCUT2D eigenvalue weighted by Crippen LogP contribution is 2.25. The zero-order valence-electron chi connectivity index (χ0n) is 18.1. The molecule has 0 saturated heterocycles. The minimum atomic E-state index is -0.698. The van der Waals surface area contributed by atoms with E-state index >= 15 is 0 Å². The van der Waals surface area contributed by atoms with Crippen LogP contribution in [0, 0.1) is 12.8 Å². The fraction of sp³-hybridized carbons (Fsp3) is 0.250. The lowest BCUT2D eigenvalue weighted by Gasteiger charge is -2.24. The molecule has 8 heteroatoms. The average Bonchev–Trinajstić information content (AvgIpc) is 2.79. The number of benzene rings is 2. The Kier molecular flexibility index (Phi) is 7.78. The predicted molar refractivity (Wildman–Crippen MR) is 124 cm³/mol. The number of aryl methyl sites for hydroxylation is 1. The lowest BCUT2D eigenvalue weighted by molar-refractivity contribution is -0.119. The molecule has 2 unspecified atom stereocenters. The molecule has 0 aliphatic rings. The molecule has 7 nitrogen and oxygen atoms in total. The van der Waals surface area contributed by atoms with Crippen molar-refractivity contribution in [1.29, 1.82) is 0 Å². The molecule has 166 valence electrons. The van der Waals surface area contributed by atoms with Gasteiger partial charge in [0.15, 0.2) is 0 Å². The summed E-state index contributed by atoms with van der Waals surface area (Å²) in [6.45, 7) is 5.76. The standard InChI is InChI=1S/C24H25ClN4O3/c1-4-15(2)21(29-22(30)17-6-8-18(25)9-7-17)23(31)28-20-11-10-19(14-16(20)3)32-24-26-12-5-13-27-24/h5-15,21H,4H2,1-3H3,(H,28,31)(H,29,30). The molecular weight excluding hydrogens is 428 g/mol. The summed E-state index contributed by atoms with van der Waals surface area (Å²) in [6, 6.07) is 13.0. The van der Waals surface area contributed by atoms with Crippen molar-refractivity contribution in [3.05, 3.63) is 77.1 Å². The fourth-order valence-corrected chi connectivity index (χ4v) is 3.15. The average molecular weight is 453 g/mol. The third-order valence-corrected chi connectivity index (χ3v) is 5.35. The Morgan fingerprint density at radius 3 is 2.41 bits per heavy atom. The third-order valence-electron chi connectivity index (χ3n) is 5.10. The Morgan fingerprint density at radius 2 is 1.78 bits per heavy atom. The lowest BCUT2D eigenvalue weighted by Crippen LogP contribution is -2.47. The maximum atomic E-state index is 13.1. The van der Waals surface area contributed by atoms with Gasteiger partial charge in [0.25, 0.3) is 5.91 Å². The van der Waals surface area contributed by atoms with Crippen LogP contribution in [0.5, 0.6) is 11.8 Å². The highest BCUT2D eigenvalue weighted by atomic mass is 35.5. The van der Waals surface area contributed by atoms with E-state index in [-0.39, 0.29) is 23.7 Å². The summed E-state index contributed by atoms with van der Waals surface area (Å²) in [5.74, 6) is -0.124. The minimum Gasteiger partial charge on any atom is -0.424 e. The molecule has 2 aromatic carbocycles. The summed E-state index contributed by atoms with van der Waals surface area (Å²) >= 11 is 5.90. The van der Waals surface area contributed by atoms with Gasteiger partial charge in [0.2, 0.25) is 5.91 Å². The summed E-state index contributed by atoms with van der Waals surface area (Å²) in [6.07, 6.45) is 3.91. The first-order valence-corrected chi connectivity index (χ1v) is 10.7. The summed E-state index contributed by atoms with van der Waals surface area (Å²) < 4.78 is 5.63. The van der Waals surface area contributed by atoms with Gasteiger partial charge in [0.05, 0.1) is 0 Å². The second-order valence-electron chi connectivity index (χ2n) is 7.44. The molecule has 0 radical (unpaired) electrons. The van der Waals surface area contributed by atoms with Crippen LogP contribution in [0.3, 0.4) is 0 Å². The number of ether oxygens (including phenoxy) is 1. The Balaban J connectivity index is 1.71. The second kappa shape index (κ2) is 10.7. The number of halogens is 1. The summed E-state index contributed by atoms with van der Waals surface area (Å²) in [5, 5.41) is 6.31. The van der Waals surface area contributed by atoms with E-state index in [1.54, 1.807) is 60.9 Å². The van der Waals surface area contributed by atoms with Crippen LogP contribution in [0.1, 0.15) is 36.2 Å². The number of nitrogens with one attached hydrogen (secondary N) is 2. The van der Waals surface area contributed by atoms with Gasteiger partial charge in [0.1, 0.15) is 11.8 Å². The minimum absolute atomic E-state index is 0.0654. The number of aromatic nitrogens is 2. The van der Waals surface area contributed by atoms with Crippen molar-refractivity contribution in [2.75, 3.05) is 5.32 Å². The van der Waals surface area contributed by atoms with E-state index < -0.39 is 6.04 Å². The van der Waals surface area contributed by atoms with Crippen LogP contribution in [-0.2, 0) is 4.79 Å². The van der Waals surface area contributed by atoms with Crippen molar-refractivity contribution in [3.8, 4) is 11.8 Å². The molecule has 0 spiro atoms. The first-order valence-electron chi connectivity index (χ1n) is 10.3. The second-order valence-corrected chi connectivity index (χ2v) is 7.88. The Hall–Kier alpha value is -3.45. The van der Waals surface area contributed by atoms with Crippen molar-refractivity contribution >= 4 is 29.1 Å². The maximum Gasteiger partial charge on any atom is 0.321 e. The number of carbonyl (C=O) groups excluding carboxylic acids is 2. The molecule has 2 amide bonds. The van der Waals surface area contributed by atoms with Gasteiger partial charge in [0, 0.05) is 28.7 Å². The predicted octanol–water partition coefficient (Wildman–Crippen LogP) is 5.01. The quantitative estimate of drug-likeness (QED) is 0.500. The summed E-state index contributed by atoms with van der Waals surface area (Å²) in [4.78, 5) is 33.8. The van der Waals surface area contributed by atoms with Crippen LogP contribution >= 0.6 is 11.6 Å². The normalized spacial score (nSPS) is 12.5. The van der Waals surface area contributed by atoms with E-state index in [9.17, 15) is 9.59 Å². The van der Waals surface area contributed by atoms with E-state index in [0.717, 1.165) is 12.0 Å². The van der Waals surface area contributed by atoms with E-state index in [2.05, 4.69) is 20.6 Å². The Labute approximate surface area is 192 Å². The van der Waals surface area contributed by atoms with E-state index in [1.807, 2.05) is 20.8 Å². The van der Waals surface area contributed by atoms with E-state index in [0.29, 0.717) is 22.0 Å². The van der Waals surface area contributed by atoms with Gasteiger partial charge in [-0.1, -0.05) is 31.9 Å². The van der Waals surface area contributed by atoms with Gasteiger partial charge in [-0.05, 0) is 66.9 Å². The van der Waals surface area contributed by atoms with Crippen LogP contribution in [0.25, 0.3) is 0 Å². The zero-order chi connectivity index (χ0) is 23.1. The highest BCUT2D eigenvalue weighted by molar-refractivity contribution is 6.30. The van der Waals surface area contributed by atoms with Gasteiger partial charge in [-0.3, -0.25) is 9.59 Å².